The van der Waals surface area contributed by atoms with Gasteiger partial charge in [0.1, 0.15) is 0 Å². The Morgan fingerprint density at radius 3 is 2.24 bits per heavy atom. The molecule has 0 aliphatic carbocycles. The van der Waals surface area contributed by atoms with Gasteiger partial charge in [-0.1, -0.05) is 0 Å². The molecule has 2 aromatic rings. The van der Waals surface area contributed by atoms with Crippen molar-refractivity contribution in [1.29, 1.82) is 0 Å². The van der Waals surface area contributed by atoms with Gasteiger partial charge in [-0.2, -0.15) is 0 Å². The third-order valence-corrected chi connectivity index (χ3v) is 3.17. The molecule has 3 N–H and O–H groups in total. The number of hydrogen-bond donors (Lipinski definition) is 2. The fourth-order valence-corrected chi connectivity index (χ4v) is 2.23. The second-order valence-corrected chi connectivity index (χ2v) is 5.62. The number of anilines is 1. The third-order valence-electron chi connectivity index (χ3n) is 3.17. The molecule has 114 valence electrons. The predicted octanol–water partition coefficient (Wildman–Crippen LogP) is 1.45. The quantitative estimate of drug-likeness (QED) is 0.657. The minimum absolute atomic E-state index is 0.193. The molecule has 1 aromatic heterocycles. The van der Waals surface area contributed by atoms with Gasteiger partial charge >= 0.3 is 0 Å². The molecule has 0 amide bonds. The molecule has 0 aliphatic heterocycles. The highest BCUT2D eigenvalue weighted by Crippen LogP contribution is 2.31. The summed E-state index contributed by atoms with van der Waals surface area (Å²) in [5.41, 5.74) is 2.31. The average Bonchev–Trinajstić information content (AvgIpc) is 2.44. The zero-order valence-electron chi connectivity index (χ0n) is 12.9. The van der Waals surface area contributed by atoms with Crippen LogP contribution in [-0.4, -0.2) is 23.8 Å². The summed E-state index contributed by atoms with van der Waals surface area (Å²) in [6, 6.07) is 3.29. The van der Waals surface area contributed by atoms with E-state index in [4.69, 9.17) is 15.3 Å². The van der Waals surface area contributed by atoms with E-state index in [9.17, 15) is 4.79 Å². The molecular formula is C14H20N4O3. The first kappa shape index (κ1) is 15.1. The minimum Gasteiger partial charge on any atom is -0.493 e. The van der Waals surface area contributed by atoms with Crippen LogP contribution in [0.1, 0.15) is 20.8 Å². The van der Waals surface area contributed by atoms with Crippen LogP contribution in [0.5, 0.6) is 11.5 Å². The van der Waals surface area contributed by atoms with E-state index in [1.807, 2.05) is 20.8 Å². The van der Waals surface area contributed by atoms with Crippen molar-refractivity contribution in [1.82, 2.24) is 9.55 Å². The molecule has 0 spiro atoms. The molecular weight excluding hydrogens is 272 g/mol. The Kier molecular flexibility index (Phi) is 3.78. The smallest absolute Gasteiger partial charge is 0.263 e. The van der Waals surface area contributed by atoms with Crippen molar-refractivity contribution in [2.45, 2.75) is 26.3 Å². The number of fused-ring (bicyclic) bond motifs is 1. The number of hydrazine groups is 1. The maximum Gasteiger partial charge on any atom is 0.263 e. The van der Waals surface area contributed by atoms with Crippen molar-refractivity contribution < 1.29 is 9.47 Å². The van der Waals surface area contributed by atoms with Gasteiger partial charge in [0.2, 0.25) is 5.95 Å². The maximum absolute atomic E-state index is 12.8. The van der Waals surface area contributed by atoms with Crippen molar-refractivity contribution in [2.24, 2.45) is 5.84 Å². The van der Waals surface area contributed by atoms with Crippen LogP contribution in [0.3, 0.4) is 0 Å². The number of methoxy groups -OCH3 is 2. The second kappa shape index (κ2) is 5.25. The molecule has 0 radical (unpaired) electrons. The van der Waals surface area contributed by atoms with Crippen molar-refractivity contribution >= 4 is 16.9 Å². The summed E-state index contributed by atoms with van der Waals surface area (Å²) in [7, 11) is 3.05. The summed E-state index contributed by atoms with van der Waals surface area (Å²) >= 11 is 0. The van der Waals surface area contributed by atoms with Crippen LogP contribution in [0.4, 0.5) is 5.95 Å². The molecule has 0 fully saturated rings. The first-order chi connectivity index (χ1) is 9.83. The maximum atomic E-state index is 12.8. The number of aromatic nitrogens is 2. The summed E-state index contributed by atoms with van der Waals surface area (Å²) in [6.45, 7) is 5.72. The SMILES string of the molecule is COc1cc2nc(NN)n(C(C)(C)C)c(=O)c2cc1OC. The monoisotopic (exact) mass is 292 g/mol. The lowest BCUT2D eigenvalue weighted by molar-refractivity contribution is 0.355. The Hall–Kier alpha value is -2.28. The summed E-state index contributed by atoms with van der Waals surface area (Å²) in [5, 5.41) is 0.446. The van der Waals surface area contributed by atoms with Gasteiger partial charge in [-0.25, -0.2) is 10.8 Å². The van der Waals surface area contributed by atoms with Crippen molar-refractivity contribution in [2.75, 3.05) is 19.6 Å². The van der Waals surface area contributed by atoms with E-state index < -0.39 is 5.54 Å². The standard InChI is InChI=1S/C14H20N4O3/c1-14(2,3)18-12(19)8-6-10(20-4)11(21-5)7-9(8)16-13(18)17-15/h6-7H,15H2,1-5H3,(H,16,17). The molecule has 1 aromatic carbocycles. The van der Waals surface area contributed by atoms with Crippen molar-refractivity contribution in [3.05, 3.63) is 22.5 Å². The molecule has 7 heteroatoms. The fraction of sp³-hybridized carbons (Fsp3) is 0.429. The molecule has 0 aliphatic rings. The Balaban J connectivity index is 2.91. The van der Waals surface area contributed by atoms with E-state index in [0.29, 0.717) is 28.4 Å². The molecule has 2 rings (SSSR count). The summed E-state index contributed by atoms with van der Waals surface area (Å²) < 4.78 is 12.0. The zero-order valence-corrected chi connectivity index (χ0v) is 12.9. The van der Waals surface area contributed by atoms with Crippen LogP contribution in [0.2, 0.25) is 0 Å². The lowest BCUT2D eigenvalue weighted by atomic mass is 10.1. The molecule has 0 unspecified atom stereocenters. The van der Waals surface area contributed by atoms with Gasteiger partial charge in [0.25, 0.3) is 5.56 Å². The number of nitrogen functional groups attached to an aromatic ring is 1. The van der Waals surface area contributed by atoms with E-state index >= 15 is 0 Å². The number of nitrogens with one attached hydrogen (secondary N) is 1. The molecule has 0 bridgehead atoms. The minimum atomic E-state index is -0.465. The van der Waals surface area contributed by atoms with Crippen LogP contribution >= 0.6 is 0 Å². The highest BCUT2D eigenvalue weighted by atomic mass is 16.5. The lowest BCUT2D eigenvalue weighted by Gasteiger charge is -2.25. The van der Waals surface area contributed by atoms with E-state index in [-0.39, 0.29) is 5.56 Å². The summed E-state index contributed by atoms with van der Waals surface area (Å²) in [6.07, 6.45) is 0. The fourth-order valence-electron chi connectivity index (χ4n) is 2.23. The van der Waals surface area contributed by atoms with E-state index in [0.717, 1.165) is 0 Å². The number of hydrogen-bond acceptors (Lipinski definition) is 6. The highest BCUT2D eigenvalue weighted by molar-refractivity contribution is 5.83. The van der Waals surface area contributed by atoms with E-state index in [2.05, 4.69) is 10.4 Å². The van der Waals surface area contributed by atoms with Gasteiger partial charge in [0, 0.05) is 11.6 Å². The number of benzene rings is 1. The van der Waals surface area contributed by atoms with Crippen LogP contribution in [-0.2, 0) is 5.54 Å². The van der Waals surface area contributed by atoms with Crippen molar-refractivity contribution in [3.63, 3.8) is 0 Å². The summed E-state index contributed by atoms with van der Waals surface area (Å²) in [5.74, 6) is 6.80. The Morgan fingerprint density at radius 2 is 1.76 bits per heavy atom. The van der Waals surface area contributed by atoms with Gasteiger partial charge in [0.05, 0.1) is 25.1 Å². The second-order valence-electron chi connectivity index (χ2n) is 5.62. The van der Waals surface area contributed by atoms with E-state index in [1.54, 1.807) is 12.1 Å². The molecule has 0 atom stereocenters. The predicted molar refractivity (Wildman–Crippen MR) is 81.9 cm³/mol. The van der Waals surface area contributed by atoms with Crippen LogP contribution in [0.25, 0.3) is 10.9 Å². The Labute approximate surface area is 122 Å². The Bertz CT molecular complexity index is 732. The molecule has 1 heterocycles. The number of rotatable bonds is 3. The van der Waals surface area contributed by atoms with Crippen LogP contribution in [0.15, 0.2) is 16.9 Å². The molecule has 0 saturated heterocycles. The van der Waals surface area contributed by atoms with Crippen LogP contribution in [0, 0.1) is 0 Å². The van der Waals surface area contributed by atoms with Gasteiger partial charge < -0.3 is 9.47 Å². The van der Waals surface area contributed by atoms with Crippen molar-refractivity contribution in [3.8, 4) is 11.5 Å². The van der Waals surface area contributed by atoms with Gasteiger partial charge in [-0.15, -0.1) is 0 Å². The van der Waals surface area contributed by atoms with Crippen LogP contribution < -0.4 is 26.3 Å². The first-order valence-corrected chi connectivity index (χ1v) is 6.49. The molecule has 0 saturated carbocycles. The van der Waals surface area contributed by atoms with E-state index in [1.165, 1.54) is 18.8 Å². The van der Waals surface area contributed by atoms with Gasteiger partial charge in [0.15, 0.2) is 11.5 Å². The largest absolute Gasteiger partial charge is 0.493 e. The number of ether oxygens (including phenoxy) is 2. The molecule has 7 nitrogen and oxygen atoms in total. The average molecular weight is 292 g/mol. The third kappa shape index (κ3) is 2.52. The summed E-state index contributed by atoms with van der Waals surface area (Å²) in [4.78, 5) is 17.1. The molecule has 21 heavy (non-hydrogen) atoms. The topological polar surface area (TPSA) is 91.4 Å². The van der Waals surface area contributed by atoms with Gasteiger partial charge in [-0.3, -0.25) is 14.8 Å². The van der Waals surface area contributed by atoms with Gasteiger partial charge in [-0.05, 0) is 26.8 Å². The normalized spacial score (nSPS) is 11.5. The number of nitrogens with zero attached hydrogens (tertiary/aromatic N) is 2. The first-order valence-electron chi connectivity index (χ1n) is 6.49. The zero-order chi connectivity index (χ0) is 15.8. The Morgan fingerprint density at radius 1 is 1.19 bits per heavy atom. The lowest BCUT2D eigenvalue weighted by Crippen LogP contribution is -2.37. The number of nitrogens with two attached hydrogens (primary N) is 1. The highest BCUT2D eigenvalue weighted by Gasteiger charge is 2.22.